The van der Waals surface area contributed by atoms with Crippen LogP contribution in [0.5, 0.6) is 5.75 Å². The van der Waals surface area contributed by atoms with Crippen LogP contribution in [0, 0.1) is 0 Å². The molecule has 194 valence electrons. The SMILES string of the molecule is COc1cc(C(=O)N[C@H]2CCN(Cc3ccccc3)C2)ccc1NC(=O)Nc1cnc(C(F)(F)F)cn1. The third-order valence-corrected chi connectivity index (χ3v) is 5.75. The molecule has 1 aliphatic rings. The first-order valence-corrected chi connectivity index (χ1v) is 11.4. The highest BCUT2D eigenvalue weighted by atomic mass is 19.4. The first-order valence-electron chi connectivity index (χ1n) is 11.4. The van der Waals surface area contributed by atoms with Crippen LogP contribution in [0.3, 0.4) is 0 Å². The third-order valence-electron chi connectivity index (χ3n) is 5.75. The minimum absolute atomic E-state index is 0.00984. The largest absolute Gasteiger partial charge is 0.495 e. The second-order valence-electron chi connectivity index (χ2n) is 8.46. The maximum absolute atomic E-state index is 12.8. The van der Waals surface area contributed by atoms with E-state index < -0.39 is 17.9 Å². The van der Waals surface area contributed by atoms with Gasteiger partial charge in [0.2, 0.25) is 0 Å². The fraction of sp³-hybridized carbons (Fsp3) is 0.280. The maximum atomic E-state index is 12.8. The highest BCUT2D eigenvalue weighted by molar-refractivity contribution is 6.01. The number of likely N-dealkylation sites (tertiary alicyclic amines) is 1. The monoisotopic (exact) mass is 514 g/mol. The average Bonchev–Trinajstić information content (AvgIpc) is 3.31. The zero-order valence-electron chi connectivity index (χ0n) is 19.9. The van der Waals surface area contributed by atoms with E-state index in [1.807, 2.05) is 18.2 Å². The van der Waals surface area contributed by atoms with Crippen molar-refractivity contribution in [3.63, 3.8) is 0 Å². The van der Waals surface area contributed by atoms with Crippen molar-refractivity contribution in [1.82, 2.24) is 20.2 Å². The van der Waals surface area contributed by atoms with Crippen molar-refractivity contribution in [1.29, 1.82) is 0 Å². The molecule has 1 fully saturated rings. The number of nitrogens with zero attached hydrogens (tertiary/aromatic N) is 3. The molecule has 0 aliphatic carbocycles. The number of rotatable bonds is 7. The van der Waals surface area contributed by atoms with Gasteiger partial charge in [-0.3, -0.25) is 15.0 Å². The minimum Gasteiger partial charge on any atom is -0.495 e. The third kappa shape index (κ3) is 6.94. The van der Waals surface area contributed by atoms with Gasteiger partial charge in [0.15, 0.2) is 11.5 Å². The van der Waals surface area contributed by atoms with E-state index in [-0.39, 0.29) is 29.2 Å². The van der Waals surface area contributed by atoms with Crippen molar-refractivity contribution in [2.45, 2.75) is 25.2 Å². The van der Waals surface area contributed by atoms with Crippen LogP contribution in [-0.4, -0.2) is 53.0 Å². The van der Waals surface area contributed by atoms with Gasteiger partial charge in [0.1, 0.15) is 5.75 Å². The zero-order valence-corrected chi connectivity index (χ0v) is 19.9. The second-order valence-corrected chi connectivity index (χ2v) is 8.46. The molecule has 3 amide bonds. The Hall–Kier alpha value is -4.19. The summed E-state index contributed by atoms with van der Waals surface area (Å²) in [7, 11) is 1.39. The number of methoxy groups -OCH3 is 1. The van der Waals surface area contributed by atoms with Crippen molar-refractivity contribution in [2.24, 2.45) is 0 Å². The number of hydrogen-bond acceptors (Lipinski definition) is 6. The summed E-state index contributed by atoms with van der Waals surface area (Å²) in [6.07, 6.45) is -2.47. The predicted molar refractivity (Wildman–Crippen MR) is 130 cm³/mol. The van der Waals surface area contributed by atoms with Crippen molar-refractivity contribution in [2.75, 3.05) is 30.8 Å². The van der Waals surface area contributed by atoms with Crippen molar-refractivity contribution in [3.05, 3.63) is 77.7 Å². The van der Waals surface area contributed by atoms with E-state index in [1.165, 1.54) is 24.8 Å². The molecule has 0 unspecified atom stereocenters. The highest BCUT2D eigenvalue weighted by Gasteiger charge is 2.32. The zero-order chi connectivity index (χ0) is 26.4. The van der Waals surface area contributed by atoms with Gasteiger partial charge in [0.05, 0.1) is 25.2 Å². The average molecular weight is 515 g/mol. The first kappa shape index (κ1) is 25.9. The van der Waals surface area contributed by atoms with Crippen LogP contribution in [0.2, 0.25) is 0 Å². The Morgan fingerprint density at radius 1 is 1.08 bits per heavy atom. The van der Waals surface area contributed by atoms with E-state index in [0.717, 1.165) is 32.3 Å². The van der Waals surface area contributed by atoms with Gasteiger partial charge in [-0.1, -0.05) is 30.3 Å². The molecule has 9 nitrogen and oxygen atoms in total. The molecule has 3 N–H and O–H groups in total. The van der Waals surface area contributed by atoms with Gasteiger partial charge >= 0.3 is 12.2 Å². The van der Waals surface area contributed by atoms with Crippen LogP contribution in [0.4, 0.5) is 29.5 Å². The Balaban J connectivity index is 1.32. The number of hydrogen-bond donors (Lipinski definition) is 3. The minimum atomic E-state index is -4.63. The summed E-state index contributed by atoms with van der Waals surface area (Å²) in [5.41, 5.74) is 0.663. The number of anilines is 2. The van der Waals surface area contributed by atoms with E-state index in [4.69, 9.17) is 4.74 Å². The molecule has 12 heteroatoms. The lowest BCUT2D eigenvalue weighted by Crippen LogP contribution is -2.37. The molecule has 0 saturated carbocycles. The Labute approximate surface area is 211 Å². The Kier molecular flexibility index (Phi) is 7.87. The van der Waals surface area contributed by atoms with Gasteiger partial charge in [0, 0.05) is 31.2 Å². The lowest BCUT2D eigenvalue weighted by Gasteiger charge is -2.17. The highest BCUT2D eigenvalue weighted by Crippen LogP contribution is 2.28. The van der Waals surface area contributed by atoms with Gasteiger partial charge < -0.3 is 15.4 Å². The quantitative estimate of drug-likeness (QED) is 0.437. The Bertz CT molecular complexity index is 1240. The van der Waals surface area contributed by atoms with Gasteiger partial charge in [-0.05, 0) is 30.2 Å². The second kappa shape index (κ2) is 11.2. The molecule has 1 saturated heterocycles. The maximum Gasteiger partial charge on any atom is 0.434 e. The summed E-state index contributed by atoms with van der Waals surface area (Å²) in [6, 6.07) is 13.9. The molecule has 1 aliphatic heterocycles. The van der Waals surface area contributed by atoms with Crippen LogP contribution in [-0.2, 0) is 12.7 Å². The van der Waals surface area contributed by atoms with E-state index in [0.29, 0.717) is 11.8 Å². The van der Waals surface area contributed by atoms with E-state index in [2.05, 4.69) is 43.0 Å². The fourth-order valence-corrected chi connectivity index (χ4v) is 3.95. The van der Waals surface area contributed by atoms with Gasteiger partial charge in [-0.15, -0.1) is 0 Å². The number of benzene rings is 2. The smallest absolute Gasteiger partial charge is 0.434 e. The number of alkyl halides is 3. The standard InChI is InChI=1S/C25H25F3N6O3/c1-37-20-11-17(23(35)31-18-9-10-34(15-18)14-16-5-3-2-4-6-16)7-8-19(20)32-24(36)33-22-13-29-21(12-30-22)25(26,27)28/h2-8,11-13,18H,9-10,14-15H2,1H3,(H,31,35)(H2,30,32,33,36)/t18-/m0/s1. The van der Waals surface area contributed by atoms with Crippen molar-refractivity contribution < 1.29 is 27.5 Å². The number of nitrogens with one attached hydrogen (secondary N) is 3. The predicted octanol–water partition coefficient (Wildman–Crippen LogP) is 4.15. The summed E-state index contributed by atoms with van der Waals surface area (Å²) in [5.74, 6) is -0.197. The molecule has 0 radical (unpaired) electrons. The molecule has 0 spiro atoms. The molecule has 1 atom stereocenters. The number of carbonyl (C=O) groups excluding carboxylic acids is 2. The van der Waals surface area contributed by atoms with Crippen molar-refractivity contribution in [3.8, 4) is 5.75 Å². The molecule has 4 rings (SSSR count). The number of urea groups is 1. The number of halogens is 3. The summed E-state index contributed by atoms with van der Waals surface area (Å²) < 4.78 is 43.1. The normalized spacial score (nSPS) is 15.7. The number of amides is 3. The molecule has 0 bridgehead atoms. The van der Waals surface area contributed by atoms with Crippen molar-refractivity contribution >= 4 is 23.4 Å². The van der Waals surface area contributed by atoms with Gasteiger partial charge in [-0.25, -0.2) is 14.8 Å². The summed E-state index contributed by atoms with van der Waals surface area (Å²) >= 11 is 0. The van der Waals surface area contributed by atoms with Gasteiger partial charge in [-0.2, -0.15) is 13.2 Å². The molecule has 1 aromatic heterocycles. The molecular weight excluding hydrogens is 489 g/mol. The topological polar surface area (TPSA) is 108 Å². The lowest BCUT2D eigenvalue weighted by atomic mass is 10.1. The molecule has 3 aromatic rings. The molecule has 2 aromatic carbocycles. The van der Waals surface area contributed by atoms with Crippen LogP contribution in [0.15, 0.2) is 60.9 Å². The summed E-state index contributed by atoms with van der Waals surface area (Å²) in [4.78, 5) is 34.2. The Morgan fingerprint density at radius 2 is 1.86 bits per heavy atom. The number of ether oxygens (including phenoxy) is 1. The van der Waals surface area contributed by atoms with E-state index >= 15 is 0 Å². The molecule has 37 heavy (non-hydrogen) atoms. The lowest BCUT2D eigenvalue weighted by molar-refractivity contribution is -0.141. The molecular formula is C25H25F3N6O3. The van der Waals surface area contributed by atoms with Crippen LogP contribution >= 0.6 is 0 Å². The number of carbonyl (C=O) groups is 2. The number of aromatic nitrogens is 2. The van der Waals surface area contributed by atoms with E-state index in [1.54, 1.807) is 6.07 Å². The van der Waals surface area contributed by atoms with Crippen LogP contribution < -0.4 is 20.7 Å². The van der Waals surface area contributed by atoms with Crippen LogP contribution in [0.25, 0.3) is 0 Å². The van der Waals surface area contributed by atoms with Gasteiger partial charge in [0.25, 0.3) is 5.91 Å². The Morgan fingerprint density at radius 3 is 2.54 bits per heavy atom. The molecule has 2 heterocycles. The summed E-state index contributed by atoms with van der Waals surface area (Å²) in [5, 5.41) is 7.86. The fourth-order valence-electron chi connectivity index (χ4n) is 3.95. The first-order chi connectivity index (χ1) is 17.7. The summed E-state index contributed by atoms with van der Waals surface area (Å²) in [6.45, 7) is 2.44. The van der Waals surface area contributed by atoms with Crippen LogP contribution in [0.1, 0.15) is 28.0 Å². The van der Waals surface area contributed by atoms with E-state index in [9.17, 15) is 22.8 Å².